The summed E-state index contributed by atoms with van der Waals surface area (Å²) < 4.78 is 3.38. The zero-order chi connectivity index (χ0) is 12.7. The van der Waals surface area contributed by atoms with Crippen LogP contribution in [0.1, 0.15) is 30.1 Å². The summed E-state index contributed by atoms with van der Waals surface area (Å²) in [6.07, 6.45) is 2.32. The number of nitriles is 1. The minimum absolute atomic E-state index is 0.500. The van der Waals surface area contributed by atoms with E-state index < -0.39 is 0 Å². The highest BCUT2D eigenvalue weighted by Gasteiger charge is 2.29. The molecule has 0 atom stereocenters. The van der Waals surface area contributed by atoms with E-state index >= 15 is 0 Å². The second-order valence-corrected chi connectivity index (χ2v) is 5.52. The van der Waals surface area contributed by atoms with Gasteiger partial charge in [-0.15, -0.1) is 0 Å². The Bertz CT molecular complexity index is 706. The van der Waals surface area contributed by atoms with Crippen molar-refractivity contribution >= 4 is 28.1 Å². The first-order valence-corrected chi connectivity index (χ1v) is 6.78. The van der Waals surface area contributed by atoms with E-state index in [0.29, 0.717) is 16.3 Å². The molecule has 4 nitrogen and oxygen atoms in total. The van der Waals surface area contributed by atoms with Gasteiger partial charge in [-0.05, 0) is 59.2 Å². The van der Waals surface area contributed by atoms with Gasteiger partial charge in [0, 0.05) is 10.4 Å². The van der Waals surface area contributed by atoms with Crippen LogP contribution in [0.15, 0.2) is 22.7 Å². The predicted octanol–water partition coefficient (Wildman–Crippen LogP) is 3.44. The molecule has 0 radical (unpaired) electrons. The van der Waals surface area contributed by atoms with Crippen LogP contribution in [0.25, 0.3) is 5.69 Å². The van der Waals surface area contributed by atoms with Crippen LogP contribution in [-0.2, 0) is 0 Å². The van der Waals surface area contributed by atoms with Crippen LogP contribution in [0.3, 0.4) is 0 Å². The monoisotopic (exact) mass is 320 g/mol. The molecule has 1 aromatic carbocycles. The number of halogens is 1. The molecule has 1 heterocycles. The summed E-state index contributed by atoms with van der Waals surface area (Å²) in [5.74, 6) is 1.48. The van der Waals surface area contributed by atoms with Gasteiger partial charge < -0.3 is 0 Å². The fraction of sp³-hybridized carbons (Fsp3) is 0.250. The van der Waals surface area contributed by atoms with E-state index in [4.69, 9.17) is 17.5 Å². The number of hydrogen-bond acceptors (Lipinski definition) is 3. The lowest BCUT2D eigenvalue weighted by Crippen LogP contribution is -2.01. The molecule has 3 rings (SSSR count). The van der Waals surface area contributed by atoms with Crippen LogP contribution in [0.4, 0.5) is 0 Å². The minimum Gasteiger partial charge on any atom is -0.271 e. The van der Waals surface area contributed by atoms with E-state index in [1.165, 1.54) is 0 Å². The molecule has 1 aliphatic carbocycles. The maximum Gasteiger partial charge on any atom is 0.199 e. The molecule has 18 heavy (non-hydrogen) atoms. The smallest absolute Gasteiger partial charge is 0.199 e. The first kappa shape index (κ1) is 11.6. The second kappa shape index (κ2) is 4.34. The molecule has 0 unspecified atom stereocenters. The fourth-order valence-electron chi connectivity index (χ4n) is 1.92. The number of aromatic amines is 1. The highest BCUT2D eigenvalue weighted by Crippen LogP contribution is 2.40. The van der Waals surface area contributed by atoms with Crippen LogP contribution < -0.4 is 0 Å². The molecule has 1 fully saturated rings. The first-order chi connectivity index (χ1) is 8.70. The Labute approximate surface area is 117 Å². The lowest BCUT2D eigenvalue weighted by Gasteiger charge is -2.08. The van der Waals surface area contributed by atoms with E-state index in [1.54, 1.807) is 12.1 Å². The number of rotatable bonds is 2. The van der Waals surface area contributed by atoms with Crippen molar-refractivity contribution in [2.45, 2.75) is 18.8 Å². The van der Waals surface area contributed by atoms with Gasteiger partial charge in [0.15, 0.2) is 4.77 Å². The summed E-state index contributed by atoms with van der Waals surface area (Å²) in [6, 6.07) is 7.58. The third-order valence-corrected chi connectivity index (χ3v) is 3.87. The topological polar surface area (TPSA) is 57.4 Å². The van der Waals surface area contributed by atoms with Crippen molar-refractivity contribution in [3.63, 3.8) is 0 Å². The van der Waals surface area contributed by atoms with Crippen molar-refractivity contribution in [1.29, 1.82) is 5.26 Å². The van der Waals surface area contributed by atoms with Crippen molar-refractivity contribution in [1.82, 2.24) is 14.8 Å². The quantitative estimate of drug-likeness (QED) is 0.862. The van der Waals surface area contributed by atoms with Crippen LogP contribution in [0.5, 0.6) is 0 Å². The second-order valence-electron chi connectivity index (χ2n) is 4.27. The van der Waals surface area contributed by atoms with Crippen molar-refractivity contribution in [2.75, 3.05) is 0 Å². The summed E-state index contributed by atoms with van der Waals surface area (Å²) in [5, 5.41) is 16.0. The number of benzene rings is 1. The minimum atomic E-state index is 0.500. The highest BCUT2D eigenvalue weighted by molar-refractivity contribution is 9.10. The zero-order valence-corrected chi connectivity index (χ0v) is 11.8. The third kappa shape index (κ3) is 1.89. The predicted molar refractivity (Wildman–Crippen MR) is 73.1 cm³/mol. The molecule has 1 N–H and O–H groups in total. The molecule has 0 aliphatic heterocycles. The molecule has 0 bridgehead atoms. The molecular weight excluding hydrogens is 312 g/mol. The van der Waals surface area contributed by atoms with Gasteiger partial charge in [0.2, 0.25) is 0 Å². The Balaban J connectivity index is 2.18. The number of hydrogen-bond donors (Lipinski definition) is 1. The summed E-state index contributed by atoms with van der Waals surface area (Å²) >= 11 is 8.77. The lowest BCUT2D eigenvalue weighted by atomic mass is 10.2. The van der Waals surface area contributed by atoms with Gasteiger partial charge in [0.1, 0.15) is 5.82 Å². The van der Waals surface area contributed by atoms with E-state index in [9.17, 15) is 0 Å². The van der Waals surface area contributed by atoms with Gasteiger partial charge in [-0.25, -0.2) is 0 Å². The molecular formula is C12H9BrN4S. The molecule has 1 aliphatic rings. The van der Waals surface area contributed by atoms with Gasteiger partial charge in [-0.2, -0.15) is 10.4 Å². The molecule has 2 aromatic rings. The molecule has 0 saturated heterocycles. The average Bonchev–Trinajstić information content (AvgIpc) is 3.14. The van der Waals surface area contributed by atoms with E-state index in [0.717, 1.165) is 28.8 Å². The Kier molecular flexibility index (Phi) is 2.80. The zero-order valence-electron chi connectivity index (χ0n) is 9.35. The number of aromatic nitrogens is 3. The summed E-state index contributed by atoms with van der Waals surface area (Å²) in [4.78, 5) is 0. The van der Waals surface area contributed by atoms with Crippen molar-refractivity contribution < 1.29 is 0 Å². The molecule has 1 aromatic heterocycles. The highest BCUT2D eigenvalue weighted by atomic mass is 79.9. The van der Waals surface area contributed by atoms with Crippen molar-refractivity contribution in [2.24, 2.45) is 0 Å². The van der Waals surface area contributed by atoms with E-state index in [-0.39, 0.29) is 0 Å². The van der Waals surface area contributed by atoms with Gasteiger partial charge in [-0.3, -0.25) is 9.67 Å². The van der Waals surface area contributed by atoms with Crippen LogP contribution in [0.2, 0.25) is 0 Å². The van der Waals surface area contributed by atoms with E-state index in [2.05, 4.69) is 32.2 Å². The summed E-state index contributed by atoms with van der Waals surface area (Å²) in [7, 11) is 0. The number of H-pyrrole nitrogens is 1. The molecule has 0 amide bonds. The van der Waals surface area contributed by atoms with Gasteiger partial charge in [-0.1, -0.05) is 0 Å². The fourth-order valence-corrected chi connectivity index (χ4v) is 2.71. The maximum absolute atomic E-state index is 8.87. The Morgan fingerprint density at radius 2 is 2.28 bits per heavy atom. The number of nitrogens with one attached hydrogen (secondary N) is 1. The molecule has 0 spiro atoms. The van der Waals surface area contributed by atoms with Crippen LogP contribution >= 0.6 is 28.1 Å². The Morgan fingerprint density at radius 3 is 2.89 bits per heavy atom. The van der Waals surface area contributed by atoms with Gasteiger partial charge in [0.05, 0.1) is 17.3 Å². The first-order valence-electron chi connectivity index (χ1n) is 5.58. The maximum atomic E-state index is 8.87. The van der Waals surface area contributed by atoms with Gasteiger partial charge in [0.25, 0.3) is 0 Å². The summed E-state index contributed by atoms with van der Waals surface area (Å²) in [5.41, 5.74) is 1.54. The average molecular weight is 321 g/mol. The molecule has 90 valence electrons. The largest absolute Gasteiger partial charge is 0.271 e. The van der Waals surface area contributed by atoms with E-state index in [1.807, 2.05) is 10.6 Å². The lowest BCUT2D eigenvalue weighted by molar-refractivity contribution is 0.866. The molecule has 1 saturated carbocycles. The van der Waals surface area contributed by atoms with Crippen molar-refractivity contribution in [3.8, 4) is 11.8 Å². The number of nitrogens with zero attached hydrogens (tertiary/aromatic N) is 3. The third-order valence-electron chi connectivity index (χ3n) is 2.96. The van der Waals surface area contributed by atoms with Gasteiger partial charge >= 0.3 is 0 Å². The molecule has 6 heteroatoms. The van der Waals surface area contributed by atoms with Crippen LogP contribution in [-0.4, -0.2) is 14.8 Å². The standard InChI is InChI=1S/C12H9BrN4S/c13-9-5-7(6-14)1-4-10(9)17-11(8-2-3-8)15-16-12(17)18/h1,4-5,8H,2-3H2,(H,16,18). The van der Waals surface area contributed by atoms with Crippen LogP contribution in [0, 0.1) is 16.1 Å². The SMILES string of the molecule is N#Cc1ccc(-n2c(C3CC3)n[nH]c2=S)c(Br)c1. The normalized spacial score (nSPS) is 14.4. The Hall–Kier alpha value is -1.45. The summed E-state index contributed by atoms with van der Waals surface area (Å²) in [6.45, 7) is 0. The Morgan fingerprint density at radius 1 is 1.50 bits per heavy atom. The van der Waals surface area contributed by atoms with Crippen molar-refractivity contribution in [3.05, 3.63) is 38.8 Å².